The van der Waals surface area contributed by atoms with Gasteiger partial charge in [-0.2, -0.15) is 0 Å². The quantitative estimate of drug-likeness (QED) is 0.329. The Kier molecular flexibility index (Phi) is 10.9. The average Bonchev–Trinajstić information content (AvgIpc) is 2.94. The van der Waals surface area contributed by atoms with Crippen molar-refractivity contribution in [2.75, 3.05) is 13.2 Å². The Labute approximate surface area is 221 Å². The number of ether oxygens (including phenoxy) is 3. The zero-order chi connectivity index (χ0) is 28.3. The summed E-state index contributed by atoms with van der Waals surface area (Å²) < 4.78 is 24.3. The fourth-order valence-electron chi connectivity index (χ4n) is 5.42. The lowest BCUT2D eigenvalue weighted by Crippen LogP contribution is -2.55. The van der Waals surface area contributed by atoms with Gasteiger partial charge in [-0.1, -0.05) is 41.5 Å². The molecule has 36 heavy (non-hydrogen) atoms. The van der Waals surface area contributed by atoms with Crippen LogP contribution in [0.15, 0.2) is 0 Å². The molecule has 2 amide bonds. The molecule has 2 atom stereocenters. The van der Waals surface area contributed by atoms with E-state index >= 15 is 0 Å². The van der Waals surface area contributed by atoms with Crippen molar-refractivity contribution in [2.45, 2.75) is 149 Å². The summed E-state index contributed by atoms with van der Waals surface area (Å²) in [6.07, 6.45) is -0.689. The first-order valence-electron chi connectivity index (χ1n) is 13.4. The summed E-state index contributed by atoms with van der Waals surface area (Å²) in [5.41, 5.74) is -0.898. The van der Waals surface area contributed by atoms with E-state index in [2.05, 4.69) is 46.9 Å². The van der Waals surface area contributed by atoms with Crippen LogP contribution in [0.4, 0.5) is 9.59 Å². The summed E-state index contributed by atoms with van der Waals surface area (Å²) in [6.45, 7) is 28.9. The Morgan fingerprint density at radius 1 is 0.944 bits per heavy atom. The lowest BCUT2D eigenvalue weighted by atomic mass is 10.1. The highest BCUT2D eigenvalue weighted by atomic mass is 28.4. The first-order chi connectivity index (χ1) is 16.1. The largest absolute Gasteiger partial charge is 0.444 e. The third kappa shape index (κ3) is 8.91. The molecule has 212 valence electrons. The standard InChI is InChI=1S/C27H54N2O6Si/c1-18(2)36(19(3)4,20(5)6)35-22(16-28-23(30)33-25(7,8)9)15-21-17-32-27(13,14)29(21)24(31)34-26(10,11)12/h18-22H,15-17H2,1-14H3,(H,28,30)/t21-,22?/m0/s1. The Bertz CT molecular complexity index is 718. The summed E-state index contributed by atoms with van der Waals surface area (Å²) in [5, 5.41) is 2.92. The highest BCUT2D eigenvalue weighted by Crippen LogP contribution is 2.44. The van der Waals surface area contributed by atoms with Crippen LogP contribution in [0, 0.1) is 0 Å². The van der Waals surface area contributed by atoms with Gasteiger partial charge in [-0.05, 0) is 78.4 Å². The van der Waals surface area contributed by atoms with Gasteiger partial charge >= 0.3 is 12.2 Å². The SMILES string of the molecule is CC(C)[Si](OC(CNC(=O)OC(C)(C)C)C[C@H]1COC(C)(C)N1C(=O)OC(C)(C)C)(C(C)C)C(C)C. The fourth-order valence-corrected chi connectivity index (χ4v) is 11.0. The minimum atomic E-state index is -2.27. The van der Waals surface area contributed by atoms with Crippen molar-refractivity contribution in [3.8, 4) is 0 Å². The Morgan fingerprint density at radius 3 is 1.83 bits per heavy atom. The predicted molar refractivity (Wildman–Crippen MR) is 147 cm³/mol. The lowest BCUT2D eigenvalue weighted by Gasteiger charge is -2.45. The topological polar surface area (TPSA) is 86.3 Å². The highest BCUT2D eigenvalue weighted by Gasteiger charge is 2.50. The van der Waals surface area contributed by atoms with Gasteiger partial charge in [0.05, 0.1) is 18.8 Å². The molecule has 1 fully saturated rings. The summed E-state index contributed by atoms with van der Waals surface area (Å²) >= 11 is 0. The molecular formula is C27H54N2O6Si. The second-order valence-corrected chi connectivity index (χ2v) is 18.8. The molecule has 9 heteroatoms. The van der Waals surface area contributed by atoms with Gasteiger partial charge in [0.15, 0.2) is 0 Å². The van der Waals surface area contributed by atoms with E-state index in [9.17, 15) is 9.59 Å². The minimum absolute atomic E-state index is 0.251. The average molecular weight is 531 g/mol. The molecule has 0 aromatic rings. The number of nitrogens with one attached hydrogen (secondary N) is 1. The van der Waals surface area contributed by atoms with E-state index in [-0.39, 0.29) is 18.7 Å². The van der Waals surface area contributed by atoms with Gasteiger partial charge in [0.1, 0.15) is 16.9 Å². The van der Waals surface area contributed by atoms with Crippen molar-refractivity contribution in [3.63, 3.8) is 0 Å². The lowest BCUT2D eigenvalue weighted by molar-refractivity contribution is -0.0636. The Balaban J connectivity index is 3.28. The second kappa shape index (κ2) is 12.0. The van der Waals surface area contributed by atoms with Crippen LogP contribution in [0.5, 0.6) is 0 Å². The molecule has 1 N–H and O–H groups in total. The van der Waals surface area contributed by atoms with Gasteiger partial charge in [0.2, 0.25) is 8.32 Å². The van der Waals surface area contributed by atoms with E-state index in [0.29, 0.717) is 29.7 Å². The first-order valence-corrected chi connectivity index (χ1v) is 15.6. The van der Waals surface area contributed by atoms with E-state index in [1.807, 2.05) is 55.4 Å². The van der Waals surface area contributed by atoms with Crippen molar-refractivity contribution in [3.05, 3.63) is 0 Å². The zero-order valence-corrected chi connectivity index (χ0v) is 26.4. The van der Waals surface area contributed by atoms with E-state index in [0.717, 1.165) is 0 Å². The first kappa shape index (κ1) is 32.7. The molecule has 0 aromatic carbocycles. The van der Waals surface area contributed by atoms with Crippen LogP contribution in [0.1, 0.15) is 103 Å². The zero-order valence-electron chi connectivity index (χ0n) is 25.4. The van der Waals surface area contributed by atoms with E-state index < -0.39 is 37.4 Å². The summed E-state index contributed by atoms with van der Waals surface area (Å²) in [7, 11) is -2.27. The van der Waals surface area contributed by atoms with Gasteiger partial charge in [-0.25, -0.2) is 9.59 Å². The number of amides is 2. The number of hydrogen-bond donors (Lipinski definition) is 1. The molecule has 0 aliphatic carbocycles. The maximum Gasteiger partial charge on any atom is 0.412 e. The molecule has 1 heterocycles. The van der Waals surface area contributed by atoms with Crippen molar-refractivity contribution >= 4 is 20.5 Å². The smallest absolute Gasteiger partial charge is 0.412 e. The number of nitrogens with zero attached hydrogens (tertiary/aromatic N) is 1. The molecule has 0 radical (unpaired) electrons. The van der Waals surface area contributed by atoms with Crippen molar-refractivity contribution in [1.29, 1.82) is 0 Å². The Hall–Kier alpha value is -1.32. The third-order valence-corrected chi connectivity index (χ3v) is 12.8. The van der Waals surface area contributed by atoms with Crippen LogP contribution < -0.4 is 5.32 Å². The van der Waals surface area contributed by atoms with Gasteiger partial charge in [-0.15, -0.1) is 0 Å². The maximum absolute atomic E-state index is 13.2. The normalized spacial score (nSPS) is 19.7. The molecule has 1 aliphatic rings. The van der Waals surface area contributed by atoms with E-state index in [1.54, 1.807) is 4.90 Å². The molecule has 0 spiro atoms. The monoisotopic (exact) mass is 530 g/mol. The molecule has 8 nitrogen and oxygen atoms in total. The molecule has 0 saturated carbocycles. The number of hydrogen-bond acceptors (Lipinski definition) is 6. The molecule has 1 rings (SSSR count). The number of rotatable bonds is 9. The van der Waals surface area contributed by atoms with Crippen LogP contribution in [0.2, 0.25) is 16.6 Å². The summed E-state index contributed by atoms with van der Waals surface area (Å²) in [4.78, 5) is 27.4. The molecule has 1 saturated heterocycles. The molecule has 1 aliphatic heterocycles. The number of alkyl carbamates (subject to hydrolysis) is 1. The fraction of sp³-hybridized carbons (Fsp3) is 0.926. The minimum Gasteiger partial charge on any atom is -0.444 e. The highest BCUT2D eigenvalue weighted by molar-refractivity contribution is 6.77. The van der Waals surface area contributed by atoms with Crippen molar-refractivity contribution in [2.24, 2.45) is 0 Å². The predicted octanol–water partition coefficient (Wildman–Crippen LogP) is 6.83. The summed E-state index contributed by atoms with van der Waals surface area (Å²) in [5.74, 6) is 0. The van der Waals surface area contributed by atoms with Gasteiger partial charge in [-0.3, -0.25) is 4.90 Å². The van der Waals surface area contributed by atoms with Gasteiger partial charge in [0.25, 0.3) is 0 Å². The molecule has 0 bridgehead atoms. The number of carbonyl (C=O) groups excluding carboxylic acids is 2. The van der Waals surface area contributed by atoms with E-state index in [1.165, 1.54) is 0 Å². The molecule has 0 aromatic heterocycles. The van der Waals surface area contributed by atoms with Crippen molar-refractivity contribution in [1.82, 2.24) is 10.2 Å². The third-order valence-electron chi connectivity index (χ3n) is 6.65. The Morgan fingerprint density at radius 2 is 1.42 bits per heavy atom. The second-order valence-electron chi connectivity index (χ2n) is 13.4. The van der Waals surface area contributed by atoms with Crippen LogP contribution in [0.25, 0.3) is 0 Å². The van der Waals surface area contributed by atoms with Crippen LogP contribution in [0.3, 0.4) is 0 Å². The molecule has 1 unspecified atom stereocenters. The van der Waals surface area contributed by atoms with Crippen LogP contribution in [-0.2, 0) is 18.6 Å². The van der Waals surface area contributed by atoms with Crippen LogP contribution in [-0.4, -0.2) is 67.6 Å². The molecular weight excluding hydrogens is 476 g/mol. The maximum atomic E-state index is 13.2. The summed E-state index contributed by atoms with van der Waals surface area (Å²) in [6, 6.07) is -0.251. The number of carbonyl (C=O) groups is 2. The van der Waals surface area contributed by atoms with Gasteiger partial charge in [0, 0.05) is 6.54 Å². The van der Waals surface area contributed by atoms with E-state index in [4.69, 9.17) is 18.6 Å². The van der Waals surface area contributed by atoms with Crippen molar-refractivity contribution < 1.29 is 28.2 Å². The van der Waals surface area contributed by atoms with Gasteiger partial charge < -0.3 is 24.0 Å². The van der Waals surface area contributed by atoms with Crippen LogP contribution >= 0.6 is 0 Å².